The van der Waals surface area contributed by atoms with Gasteiger partial charge in [-0.2, -0.15) is 0 Å². The van der Waals surface area contributed by atoms with Gasteiger partial charge in [-0.3, -0.25) is 0 Å². The van der Waals surface area contributed by atoms with E-state index in [4.69, 9.17) is 0 Å². The van der Waals surface area contributed by atoms with E-state index in [1.165, 1.54) is 182 Å². The second-order valence-corrected chi connectivity index (χ2v) is 19.8. The maximum Gasteiger partial charge on any atom is 0.0434 e. The summed E-state index contributed by atoms with van der Waals surface area (Å²) >= 11 is 7.90. The van der Waals surface area contributed by atoms with Crippen LogP contribution in [0.25, 0.3) is 82.8 Å². The van der Waals surface area contributed by atoms with Crippen LogP contribution in [-0.2, 0) is 12.8 Å². The molecule has 0 radical (unpaired) electrons. The van der Waals surface area contributed by atoms with E-state index in [1.54, 1.807) is 0 Å². The fourth-order valence-corrected chi connectivity index (χ4v) is 13.0. The van der Waals surface area contributed by atoms with Gasteiger partial charge in [-0.05, 0) is 96.1 Å². The lowest BCUT2D eigenvalue weighted by Crippen LogP contribution is -1.82. The number of benzene rings is 5. The maximum absolute atomic E-state index is 2.46. The highest BCUT2D eigenvalue weighted by Gasteiger charge is 2.15. The Balaban J connectivity index is 0.982. The lowest BCUT2D eigenvalue weighted by atomic mass is 9.99. The first-order valence-electron chi connectivity index (χ1n) is 20.5. The van der Waals surface area contributed by atoms with Crippen molar-refractivity contribution in [2.75, 3.05) is 0 Å². The van der Waals surface area contributed by atoms with E-state index in [2.05, 4.69) is 111 Å². The Bertz CT molecular complexity index is 2520. The van der Waals surface area contributed by atoms with Crippen molar-refractivity contribution in [3.8, 4) is 20.9 Å². The molecule has 0 unspecified atom stereocenters. The van der Waals surface area contributed by atoms with Crippen LogP contribution in [0.5, 0.6) is 0 Å². The normalized spacial score (nSPS) is 12.2. The molecule has 5 aromatic carbocycles. The van der Waals surface area contributed by atoms with Gasteiger partial charge in [-0.25, -0.2) is 0 Å². The molecule has 0 aliphatic heterocycles. The van der Waals surface area contributed by atoms with Crippen LogP contribution in [0.3, 0.4) is 0 Å². The summed E-state index contributed by atoms with van der Waals surface area (Å²) in [5.41, 5.74) is 2.71. The molecule has 0 saturated heterocycles. The largest absolute Gasteiger partial charge is 0.140 e. The summed E-state index contributed by atoms with van der Waals surface area (Å²) in [7, 11) is 0. The third-order valence-electron chi connectivity index (χ3n) is 11.5. The summed E-state index contributed by atoms with van der Waals surface area (Å²) < 4.78 is 5.59. The summed E-state index contributed by atoms with van der Waals surface area (Å²) in [6, 6.07) is 38.1. The van der Waals surface area contributed by atoms with Crippen molar-refractivity contribution in [3.05, 3.63) is 107 Å². The van der Waals surface area contributed by atoms with Gasteiger partial charge in [0.25, 0.3) is 0 Å². The Morgan fingerprint density at radius 2 is 0.778 bits per heavy atom. The molecule has 9 rings (SSSR count). The van der Waals surface area contributed by atoms with Crippen molar-refractivity contribution in [1.82, 2.24) is 0 Å². The topological polar surface area (TPSA) is 0 Å². The fraction of sp³-hybridized carbons (Fsp3) is 0.320. The number of rotatable bonds is 16. The Kier molecular flexibility index (Phi) is 10.9. The van der Waals surface area contributed by atoms with Crippen molar-refractivity contribution in [1.29, 1.82) is 0 Å². The Morgan fingerprint density at radius 1 is 0.352 bits per heavy atom. The minimum Gasteiger partial charge on any atom is -0.140 e. The fourth-order valence-electron chi connectivity index (χ4n) is 8.41. The average molecular weight is 779 g/mol. The van der Waals surface area contributed by atoms with Gasteiger partial charge >= 0.3 is 0 Å². The molecule has 0 saturated carbocycles. The van der Waals surface area contributed by atoms with E-state index >= 15 is 0 Å². The minimum absolute atomic E-state index is 1.21. The highest BCUT2D eigenvalue weighted by molar-refractivity contribution is 7.27. The third-order valence-corrected chi connectivity index (χ3v) is 16.3. The average Bonchev–Trinajstić information content (AvgIpc) is 4.01. The van der Waals surface area contributed by atoms with E-state index in [1.807, 2.05) is 45.3 Å². The van der Waals surface area contributed by atoms with Gasteiger partial charge in [0, 0.05) is 70.6 Å². The zero-order valence-corrected chi connectivity index (χ0v) is 35.0. The first-order chi connectivity index (χ1) is 26.7. The summed E-state index contributed by atoms with van der Waals surface area (Å²) in [5, 5.41) is 10.9. The maximum atomic E-state index is 2.46. The molecule has 54 heavy (non-hydrogen) atoms. The van der Waals surface area contributed by atoms with Crippen LogP contribution >= 0.6 is 45.3 Å². The molecule has 9 aromatic rings. The molecule has 0 aliphatic carbocycles. The molecule has 0 aliphatic rings. The van der Waals surface area contributed by atoms with Crippen molar-refractivity contribution in [3.63, 3.8) is 0 Å². The van der Waals surface area contributed by atoms with Gasteiger partial charge in [0.05, 0.1) is 0 Å². The van der Waals surface area contributed by atoms with E-state index in [0.717, 1.165) is 0 Å². The zero-order valence-electron chi connectivity index (χ0n) is 31.8. The zero-order chi connectivity index (χ0) is 36.4. The number of fused-ring (bicyclic) bond motifs is 10. The minimum atomic E-state index is 1.21. The molecule has 0 bridgehead atoms. The molecule has 4 heteroatoms. The summed E-state index contributed by atoms with van der Waals surface area (Å²) in [6.07, 6.45) is 18.7. The predicted molar refractivity (Wildman–Crippen MR) is 248 cm³/mol. The number of unbranched alkanes of at least 4 members (excludes halogenated alkanes) is 10. The van der Waals surface area contributed by atoms with Crippen LogP contribution in [0.15, 0.2) is 97.1 Å². The Hall–Kier alpha value is -3.54. The van der Waals surface area contributed by atoms with Gasteiger partial charge in [-0.15, -0.1) is 45.3 Å². The van der Waals surface area contributed by atoms with E-state index in [-0.39, 0.29) is 0 Å². The number of hydrogen-bond acceptors (Lipinski definition) is 4. The lowest BCUT2D eigenvalue weighted by Gasteiger charge is -2.05. The smallest absolute Gasteiger partial charge is 0.0434 e. The SMILES string of the molecule is CCCCCCCCc1ccc(-c2ccc3c(c2)sc2c4cc5ccc6c7ccc(-c8ccc(CCCCCCCC)s8)cc7sc6c5cc4ccc32)s1. The highest BCUT2D eigenvalue weighted by Crippen LogP contribution is 2.45. The van der Waals surface area contributed by atoms with Crippen molar-refractivity contribution < 1.29 is 0 Å². The first kappa shape index (κ1) is 36.1. The summed E-state index contributed by atoms with van der Waals surface area (Å²) in [5.74, 6) is 0. The van der Waals surface area contributed by atoms with Gasteiger partial charge in [0.2, 0.25) is 0 Å². The van der Waals surface area contributed by atoms with E-state index in [0.29, 0.717) is 0 Å². The molecule has 0 amide bonds. The second kappa shape index (κ2) is 16.3. The molecule has 0 N–H and O–H groups in total. The van der Waals surface area contributed by atoms with Crippen LogP contribution in [0.1, 0.15) is 101 Å². The standard InChI is InChI=1S/C50H50S4/c1-3-5-7-9-11-13-15-37-21-27-45(51-37)35-19-23-39-41-25-17-33-30-44-34(29-43(33)49(41)53-47(39)31-35)18-26-42-40-24-20-36(32-48(40)54-50(42)44)46-28-22-38(52-46)16-14-12-10-8-6-4-2/h17-32H,3-16H2,1-2H3. The van der Waals surface area contributed by atoms with Crippen LogP contribution in [0.2, 0.25) is 0 Å². The van der Waals surface area contributed by atoms with Crippen LogP contribution in [-0.4, -0.2) is 0 Å². The molecule has 274 valence electrons. The number of hydrogen-bond donors (Lipinski definition) is 0. The van der Waals surface area contributed by atoms with Gasteiger partial charge < -0.3 is 0 Å². The molecular weight excluding hydrogens is 729 g/mol. The van der Waals surface area contributed by atoms with Gasteiger partial charge in [0.1, 0.15) is 0 Å². The molecule has 0 nitrogen and oxygen atoms in total. The van der Waals surface area contributed by atoms with Gasteiger partial charge in [0.15, 0.2) is 0 Å². The Morgan fingerprint density at radius 3 is 1.24 bits per heavy atom. The van der Waals surface area contributed by atoms with Crippen LogP contribution in [0.4, 0.5) is 0 Å². The second-order valence-electron chi connectivity index (χ2n) is 15.4. The molecule has 0 spiro atoms. The lowest BCUT2D eigenvalue weighted by molar-refractivity contribution is 0.609. The van der Waals surface area contributed by atoms with E-state index < -0.39 is 0 Å². The Labute approximate surface area is 336 Å². The van der Waals surface area contributed by atoms with Crippen molar-refractivity contribution in [2.24, 2.45) is 0 Å². The van der Waals surface area contributed by atoms with Crippen molar-refractivity contribution >= 4 is 107 Å². The predicted octanol–water partition coefficient (Wildman–Crippen LogP) is 18.0. The molecule has 0 atom stereocenters. The summed E-state index contributed by atoms with van der Waals surface area (Å²) in [6.45, 7) is 4.59. The number of thiophene rings is 4. The molecular formula is C50H50S4. The quantitative estimate of drug-likeness (QED) is 0.0677. The van der Waals surface area contributed by atoms with Gasteiger partial charge in [-0.1, -0.05) is 127 Å². The highest BCUT2D eigenvalue weighted by atomic mass is 32.1. The molecule has 0 fully saturated rings. The van der Waals surface area contributed by atoms with Crippen LogP contribution < -0.4 is 0 Å². The molecule has 4 heterocycles. The first-order valence-corrected chi connectivity index (χ1v) is 23.8. The monoisotopic (exact) mass is 778 g/mol. The molecule has 4 aromatic heterocycles. The van der Waals surface area contributed by atoms with Crippen molar-refractivity contribution in [2.45, 2.75) is 104 Å². The number of aryl methyl sites for hydroxylation is 2. The third kappa shape index (κ3) is 7.28. The summed E-state index contributed by atoms with van der Waals surface area (Å²) in [4.78, 5) is 5.85. The van der Waals surface area contributed by atoms with E-state index in [9.17, 15) is 0 Å². The van der Waals surface area contributed by atoms with Crippen LogP contribution in [0, 0.1) is 0 Å².